The second-order valence-corrected chi connectivity index (χ2v) is 6.68. The maximum atomic E-state index is 11.9. The maximum Gasteiger partial charge on any atom is 0.313 e. The molecule has 1 aromatic carbocycles. The number of rotatable bonds is 5. The van der Waals surface area contributed by atoms with E-state index in [1.54, 1.807) is 12.1 Å². The minimum absolute atomic E-state index is 0.0769. The minimum Gasteiger partial charge on any atom is -0.392 e. The predicted octanol–water partition coefficient (Wildman–Crippen LogP) is 2.09. The van der Waals surface area contributed by atoms with E-state index in [0.717, 1.165) is 5.56 Å². The van der Waals surface area contributed by atoms with Gasteiger partial charge in [0.15, 0.2) is 0 Å². The van der Waals surface area contributed by atoms with Crippen LogP contribution in [0.15, 0.2) is 24.3 Å². The van der Waals surface area contributed by atoms with Gasteiger partial charge in [-0.3, -0.25) is 9.59 Å². The van der Waals surface area contributed by atoms with Gasteiger partial charge in [0, 0.05) is 17.6 Å². The summed E-state index contributed by atoms with van der Waals surface area (Å²) in [7, 11) is 0. The summed E-state index contributed by atoms with van der Waals surface area (Å²) in [4.78, 5) is 23.7. The van der Waals surface area contributed by atoms with Crippen molar-refractivity contribution in [3.8, 4) is 0 Å². The summed E-state index contributed by atoms with van der Waals surface area (Å²) in [6.07, 6.45) is -0.562. The van der Waals surface area contributed by atoms with Gasteiger partial charge in [0.2, 0.25) is 0 Å². The van der Waals surface area contributed by atoms with Crippen LogP contribution in [0.2, 0.25) is 0 Å². The molecule has 0 saturated carbocycles. The Balaban J connectivity index is 2.56. The number of carbonyl (C=O) groups is 2. The fourth-order valence-electron chi connectivity index (χ4n) is 2.31. The van der Waals surface area contributed by atoms with Crippen LogP contribution in [-0.4, -0.2) is 29.6 Å². The van der Waals surface area contributed by atoms with Crippen LogP contribution in [0, 0.1) is 18.3 Å². The summed E-state index contributed by atoms with van der Waals surface area (Å²) in [6, 6.07) is 7.23. The molecule has 1 atom stereocenters. The van der Waals surface area contributed by atoms with Gasteiger partial charge in [0.05, 0.1) is 6.10 Å². The van der Waals surface area contributed by atoms with Gasteiger partial charge in [-0.15, -0.1) is 0 Å². The summed E-state index contributed by atoms with van der Waals surface area (Å²) < 4.78 is 0. The molecule has 1 rings (SSSR count). The number of hydrogen-bond acceptors (Lipinski definition) is 3. The SMILES string of the molecule is Cc1cccc(NC(=O)C(=O)NCC(C)(C)C(O)C(C)C)c1. The van der Waals surface area contributed by atoms with Crippen molar-refractivity contribution in [3.63, 3.8) is 0 Å². The number of carbonyl (C=O) groups excluding carboxylic acids is 2. The van der Waals surface area contributed by atoms with E-state index < -0.39 is 23.3 Å². The number of nitrogens with one attached hydrogen (secondary N) is 2. The Morgan fingerprint density at radius 3 is 2.41 bits per heavy atom. The number of hydrogen-bond donors (Lipinski definition) is 3. The molecule has 5 heteroatoms. The molecule has 0 aliphatic heterocycles. The van der Waals surface area contributed by atoms with Crippen LogP contribution in [0.3, 0.4) is 0 Å². The smallest absolute Gasteiger partial charge is 0.313 e. The molecule has 0 aromatic heterocycles. The molecule has 22 heavy (non-hydrogen) atoms. The van der Waals surface area contributed by atoms with E-state index in [4.69, 9.17) is 0 Å². The maximum absolute atomic E-state index is 11.9. The summed E-state index contributed by atoms with van der Waals surface area (Å²) in [6.45, 7) is 9.68. The highest BCUT2D eigenvalue weighted by Crippen LogP contribution is 2.25. The molecule has 0 aliphatic rings. The first kappa shape index (κ1) is 18.2. The Labute approximate surface area is 132 Å². The molecule has 0 bridgehead atoms. The monoisotopic (exact) mass is 306 g/mol. The predicted molar refractivity (Wildman–Crippen MR) is 87.4 cm³/mol. The Morgan fingerprint density at radius 1 is 1.23 bits per heavy atom. The minimum atomic E-state index is -0.708. The molecule has 122 valence electrons. The van der Waals surface area contributed by atoms with E-state index in [-0.39, 0.29) is 12.5 Å². The Hall–Kier alpha value is -1.88. The first-order valence-corrected chi connectivity index (χ1v) is 7.47. The average molecular weight is 306 g/mol. The highest BCUT2D eigenvalue weighted by Gasteiger charge is 2.31. The van der Waals surface area contributed by atoms with Crippen LogP contribution in [0.1, 0.15) is 33.3 Å². The standard InChI is InChI=1S/C17H26N2O3/c1-11(2)14(20)17(4,5)10-18-15(21)16(22)19-13-8-6-7-12(3)9-13/h6-9,11,14,20H,10H2,1-5H3,(H,18,21)(H,19,22). The highest BCUT2D eigenvalue weighted by atomic mass is 16.3. The average Bonchev–Trinajstić information content (AvgIpc) is 2.43. The van der Waals surface area contributed by atoms with Crippen LogP contribution in [-0.2, 0) is 9.59 Å². The van der Waals surface area contributed by atoms with Crippen LogP contribution in [0.4, 0.5) is 5.69 Å². The second kappa shape index (κ2) is 7.40. The van der Waals surface area contributed by atoms with Crippen molar-refractivity contribution >= 4 is 17.5 Å². The van der Waals surface area contributed by atoms with Crippen LogP contribution in [0.5, 0.6) is 0 Å². The first-order chi connectivity index (χ1) is 10.1. The van der Waals surface area contributed by atoms with Crippen LogP contribution in [0.25, 0.3) is 0 Å². The summed E-state index contributed by atoms with van der Waals surface area (Å²) in [5.74, 6) is -1.33. The molecule has 3 N–H and O–H groups in total. The van der Waals surface area contributed by atoms with Crippen molar-refractivity contribution in [3.05, 3.63) is 29.8 Å². The van der Waals surface area contributed by atoms with Gasteiger partial charge in [0.1, 0.15) is 0 Å². The van der Waals surface area contributed by atoms with E-state index in [1.165, 1.54) is 0 Å². The topological polar surface area (TPSA) is 78.4 Å². The molecule has 1 unspecified atom stereocenters. The second-order valence-electron chi connectivity index (χ2n) is 6.68. The lowest BCUT2D eigenvalue weighted by Crippen LogP contribution is -2.46. The quantitative estimate of drug-likeness (QED) is 0.729. The number of aliphatic hydroxyl groups excluding tert-OH is 1. The van der Waals surface area contributed by atoms with Gasteiger partial charge in [-0.1, -0.05) is 39.8 Å². The van der Waals surface area contributed by atoms with Gasteiger partial charge < -0.3 is 15.7 Å². The third-order valence-electron chi connectivity index (χ3n) is 3.62. The number of benzene rings is 1. The molecule has 0 fully saturated rings. The van der Waals surface area contributed by atoms with E-state index in [9.17, 15) is 14.7 Å². The van der Waals surface area contributed by atoms with Gasteiger partial charge in [-0.25, -0.2) is 0 Å². The van der Waals surface area contributed by atoms with Crippen LogP contribution < -0.4 is 10.6 Å². The highest BCUT2D eigenvalue weighted by molar-refractivity contribution is 6.39. The largest absolute Gasteiger partial charge is 0.392 e. The molecular formula is C17H26N2O3. The van der Waals surface area contributed by atoms with Crippen LogP contribution >= 0.6 is 0 Å². The molecular weight excluding hydrogens is 280 g/mol. The van der Waals surface area contributed by atoms with Gasteiger partial charge >= 0.3 is 11.8 Å². The summed E-state index contributed by atoms with van der Waals surface area (Å²) in [5, 5.41) is 15.3. The fraction of sp³-hybridized carbons (Fsp3) is 0.529. The molecule has 0 heterocycles. The number of amides is 2. The molecule has 0 radical (unpaired) electrons. The van der Waals surface area contributed by atoms with Gasteiger partial charge in [-0.05, 0) is 30.5 Å². The van der Waals surface area contributed by atoms with Crippen molar-refractivity contribution in [2.45, 2.75) is 40.7 Å². The number of aliphatic hydroxyl groups is 1. The van der Waals surface area contributed by atoms with Crippen molar-refractivity contribution in [2.75, 3.05) is 11.9 Å². The van der Waals surface area contributed by atoms with E-state index >= 15 is 0 Å². The van der Waals surface area contributed by atoms with Crippen molar-refractivity contribution < 1.29 is 14.7 Å². The Bertz CT molecular complexity index is 538. The van der Waals surface area contributed by atoms with Crippen molar-refractivity contribution in [2.24, 2.45) is 11.3 Å². The van der Waals surface area contributed by atoms with E-state index in [2.05, 4.69) is 10.6 Å². The number of aryl methyl sites for hydroxylation is 1. The molecule has 1 aromatic rings. The lowest BCUT2D eigenvalue weighted by atomic mass is 9.81. The lowest BCUT2D eigenvalue weighted by molar-refractivity contribution is -0.136. The summed E-state index contributed by atoms with van der Waals surface area (Å²) in [5.41, 5.74) is 1.08. The molecule has 0 saturated heterocycles. The van der Waals surface area contributed by atoms with E-state index in [0.29, 0.717) is 5.69 Å². The molecule has 5 nitrogen and oxygen atoms in total. The Morgan fingerprint density at radius 2 is 1.86 bits per heavy atom. The van der Waals surface area contributed by atoms with Crippen molar-refractivity contribution in [1.82, 2.24) is 5.32 Å². The normalized spacial score (nSPS) is 12.9. The zero-order valence-electron chi connectivity index (χ0n) is 13.9. The first-order valence-electron chi connectivity index (χ1n) is 7.47. The van der Waals surface area contributed by atoms with Crippen molar-refractivity contribution in [1.29, 1.82) is 0 Å². The molecule has 2 amide bonds. The Kier molecular flexibility index (Phi) is 6.11. The molecule has 0 aliphatic carbocycles. The van der Waals surface area contributed by atoms with E-state index in [1.807, 2.05) is 46.8 Å². The summed E-state index contributed by atoms with van der Waals surface area (Å²) >= 11 is 0. The lowest BCUT2D eigenvalue weighted by Gasteiger charge is -2.33. The number of anilines is 1. The fourth-order valence-corrected chi connectivity index (χ4v) is 2.31. The third kappa shape index (κ3) is 5.15. The van der Waals surface area contributed by atoms with Gasteiger partial charge in [-0.2, -0.15) is 0 Å². The third-order valence-corrected chi connectivity index (χ3v) is 3.62. The zero-order chi connectivity index (χ0) is 16.9. The molecule has 0 spiro atoms. The van der Waals surface area contributed by atoms with Gasteiger partial charge in [0.25, 0.3) is 0 Å². The zero-order valence-corrected chi connectivity index (χ0v) is 13.9.